The number of hydrogen-bond donors (Lipinski definition) is 0. The second-order valence-corrected chi connectivity index (χ2v) is 3.19. The van der Waals surface area contributed by atoms with Gasteiger partial charge in [0.2, 0.25) is 0 Å². The normalized spacial score (nSPS) is 10.8. The molecule has 0 bridgehead atoms. The molecule has 0 saturated heterocycles. The molecule has 0 saturated carbocycles. The highest BCUT2D eigenvalue weighted by molar-refractivity contribution is 4.81. The highest BCUT2D eigenvalue weighted by atomic mass is 13.9. The summed E-state index contributed by atoms with van der Waals surface area (Å²) in [6, 6.07) is 0. The first kappa shape index (κ1) is 11.5. The zero-order chi connectivity index (χ0) is 9.07. The molecule has 0 radical (unpaired) electrons. The molecule has 0 aromatic carbocycles. The second kappa shape index (κ2) is 10.5. The van der Waals surface area contributed by atoms with Gasteiger partial charge >= 0.3 is 0 Å². The van der Waals surface area contributed by atoms with E-state index in [4.69, 9.17) is 0 Å². The standard InChI is InChI=1S/C12H22/c1-3-5-7-9-11-12-10-8-6-4-2/h3,10,12H,1,4-9,11H2,2H3/b12-10-. The summed E-state index contributed by atoms with van der Waals surface area (Å²) in [6.07, 6.45) is 15.6. The Bertz CT molecular complexity index is 111. The molecule has 0 heteroatoms. The van der Waals surface area contributed by atoms with E-state index in [9.17, 15) is 0 Å². The van der Waals surface area contributed by atoms with Crippen molar-refractivity contribution < 1.29 is 0 Å². The third-order valence-electron chi connectivity index (χ3n) is 1.92. The molecule has 70 valence electrons. The van der Waals surface area contributed by atoms with Crippen molar-refractivity contribution in [1.29, 1.82) is 0 Å². The molecule has 0 aliphatic heterocycles. The average molecular weight is 166 g/mol. The largest absolute Gasteiger partial charge is 0.103 e. The van der Waals surface area contributed by atoms with Gasteiger partial charge in [0.25, 0.3) is 0 Å². The van der Waals surface area contributed by atoms with Gasteiger partial charge in [-0.3, -0.25) is 0 Å². The molecule has 12 heavy (non-hydrogen) atoms. The molecular formula is C12H22. The molecule has 0 amide bonds. The highest BCUT2D eigenvalue weighted by Crippen LogP contribution is 2.02. The van der Waals surface area contributed by atoms with E-state index in [1.54, 1.807) is 0 Å². The van der Waals surface area contributed by atoms with Crippen LogP contribution in [-0.2, 0) is 0 Å². The molecular weight excluding hydrogens is 144 g/mol. The highest BCUT2D eigenvalue weighted by Gasteiger charge is 1.82. The van der Waals surface area contributed by atoms with Gasteiger partial charge in [0.05, 0.1) is 0 Å². The Kier molecular flexibility index (Phi) is 10.0. The van der Waals surface area contributed by atoms with Crippen molar-refractivity contribution in [2.24, 2.45) is 0 Å². The van der Waals surface area contributed by atoms with Crippen LogP contribution >= 0.6 is 0 Å². The predicted molar refractivity (Wildman–Crippen MR) is 57.3 cm³/mol. The van der Waals surface area contributed by atoms with Crippen LogP contribution in [0.1, 0.15) is 51.9 Å². The smallest absolute Gasteiger partial charge is 0.0351 e. The van der Waals surface area contributed by atoms with Crippen molar-refractivity contribution >= 4 is 0 Å². The Labute approximate surface area is 77.4 Å². The molecule has 0 aliphatic rings. The van der Waals surface area contributed by atoms with Gasteiger partial charge in [-0.2, -0.15) is 0 Å². The minimum Gasteiger partial charge on any atom is -0.103 e. The van der Waals surface area contributed by atoms with E-state index in [0.717, 1.165) is 0 Å². The van der Waals surface area contributed by atoms with Crippen molar-refractivity contribution in [3.8, 4) is 0 Å². The number of rotatable bonds is 8. The topological polar surface area (TPSA) is 0 Å². The van der Waals surface area contributed by atoms with Crippen molar-refractivity contribution in [3.05, 3.63) is 24.8 Å². The van der Waals surface area contributed by atoms with Gasteiger partial charge < -0.3 is 0 Å². The molecule has 0 aromatic heterocycles. The molecule has 0 nitrogen and oxygen atoms in total. The fourth-order valence-electron chi connectivity index (χ4n) is 1.11. The van der Waals surface area contributed by atoms with Crippen LogP contribution in [0, 0.1) is 0 Å². The minimum atomic E-state index is 1.17. The first-order chi connectivity index (χ1) is 5.91. The summed E-state index contributed by atoms with van der Waals surface area (Å²) in [5, 5.41) is 0. The summed E-state index contributed by atoms with van der Waals surface area (Å²) in [6.45, 7) is 5.94. The lowest BCUT2D eigenvalue weighted by Crippen LogP contribution is -1.72. The first-order valence-corrected chi connectivity index (χ1v) is 5.17. The van der Waals surface area contributed by atoms with Crippen LogP contribution in [0.15, 0.2) is 24.8 Å². The van der Waals surface area contributed by atoms with Crippen molar-refractivity contribution in [2.75, 3.05) is 0 Å². The lowest BCUT2D eigenvalue weighted by atomic mass is 10.1. The predicted octanol–water partition coefficient (Wildman–Crippen LogP) is 4.48. The van der Waals surface area contributed by atoms with E-state index in [-0.39, 0.29) is 0 Å². The van der Waals surface area contributed by atoms with Crippen molar-refractivity contribution in [3.63, 3.8) is 0 Å². The van der Waals surface area contributed by atoms with E-state index in [2.05, 4.69) is 25.7 Å². The maximum atomic E-state index is 3.70. The Morgan fingerprint density at radius 2 is 1.50 bits per heavy atom. The van der Waals surface area contributed by atoms with Crippen LogP contribution in [0.25, 0.3) is 0 Å². The fraction of sp³-hybridized carbons (Fsp3) is 0.667. The minimum absolute atomic E-state index is 1.17. The van der Waals surface area contributed by atoms with Gasteiger partial charge in [-0.15, -0.1) is 6.58 Å². The van der Waals surface area contributed by atoms with Crippen LogP contribution in [0.2, 0.25) is 0 Å². The first-order valence-electron chi connectivity index (χ1n) is 5.17. The van der Waals surface area contributed by atoms with E-state index in [0.29, 0.717) is 0 Å². The summed E-state index contributed by atoms with van der Waals surface area (Å²) in [5.74, 6) is 0. The van der Waals surface area contributed by atoms with Gasteiger partial charge in [0.15, 0.2) is 0 Å². The third-order valence-corrected chi connectivity index (χ3v) is 1.92. The van der Waals surface area contributed by atoms with Crippen LogP contribution in [0.5, 0.6) is 0 Å². The number of allylic oxidation sites excluding steroid dienone is 3. The quantitative estimate of drug-likeness (QED) is 0.368. The second-order valence-electron chi connectivity index (χ2n) is 3.19. The maximum Gasteiger partial charge on any atom is -0.0351 e. The summed E-state index contributed by atoms with van der Waals surface area (Å²) >= 11 is 0. The molecule has 0 aromatic rings. The van der Waals surface area contributed by atoms with E-state index in [1.165, 1.54) is 44.9 Å². The molecule has 0 heterocycles. The van der Waals surface area contributed by atoms with Crippen LogP contribution in [0.4, 0.5) is 0 Å². The number of hydrogen-bond acceptors (Lipinski definition) is 0. The molecule has 0 atom stereocenters. The van der Waals surface area contributed by atoms with Gasteiger partial charge in [0, 0.05) is 0 Å². The lowest BCUT2D eigenvalue weighted by Gasteiger charge is -1.92. The molecule has 0 aliphatic carbocycles. The van der Waals surface area contributed by atoms with E-state index in [1.807, 2.05) is 6.08 Å². The zero-order valence-electron chi connectivity index (χ0n) is 8.39. The summed E-state index contributed by atoms with van der Waals surface area (Å²) < 4.78 is 0. The fourth-order valence-corrected chi connectivity index (χ4v) is 1.11. The van der Waals surface area contributed by atoms with Gasteiger partial charge in [-0.05, 0) is 32.1 Å². The summed E-state index contributed by atoms with van der Waals surface area (Å²) in [5.41, 5.74) is 0. The Morgan fingerprint density at radius 3 is 2.08 bits per heavy atom. The van der Waals surface area contributed by atoms with Crippen LogP contribution in [-0.4, -0.2) is 0 Å². The van der Waals surface area contributed by atoms with Gasteiger partial charge in [0.1, 0.15) is 0 Å². The maximum absolute atomic E-state index is 3.70. The van der Waals surface area contributed by atoms with E-state index >= 15 is 0 Å². The van der Waals surface area contributed by atoms with E-state index < -0.39 is 0 Å². The van der Waals surface area contributed by atoms with Crippen molar-refractivity contribution in [2.45, 2.75) is 51.9 Å². The van der Waals surface area contributed by atoms with Gasteiger partial charge in [-0.25, -0.2) is 0 Å². The molecule has 0 rings (SSSR count). The Hall–Kier alpha value is -0.520. The van der Waals surface area contributed by atoms with Crippen LogP contribution < -0.4 is 0 Å². The van der Waals surface area contributed by atoms with Crippen LogP contribution in [0.3, 0.4) is 0 Å². The van der Waals surface area contributed by atoms with Crippen molar-refractivity contribution in [1.82, 2.24) is 0 Å². The number of unbranched alkanes of at least 4 members (excludes halogenated alkanes) is 5. The summed E-state index contributed by atoms with van der Waals surface area (Å²) in [7, 11) is 0. The SMILES string of the molecule is C=CCCCC/C=C\CCCC. The lowest BCUT2D eigenvalue weighted by molar-refractivity contribution is 0.757. The zero-order valence-corrected chi connectivity index (χ0v) is 8.39. The van der Waals surface area contributed by atoms with Gasteiger partial charge in [-0.1, -0.05) is 38.0 Å². The molecule has 0 N–H and O–H groups in total. The third kappa shape index (κ3) is 9.48. The average Bonchev–Trinajstić information content (AvgIpc) is 2.10. The molecule has 0 fully saturated rings. The molecule has 0 spiro atoms. The molecule has 0 unspecified atom stereocenters. The Morgan fingerprint density at radius 1 is 0.917 bits per heavy atom. The monoisotopic (exact) mass is 166 g/mol. The summed E-state index contributed by atoms with van der Waals surface area (Å²) in [4.78, 5) is 0. The Balaban J connectivity index is 2.97.